The third kappa shape index (κ3) is 1.76. The molecule has 0 atom stereocenters. The van der Waals surface area contributed by atoms with Crippen LogP contribution in [0.3, 0.4) is 0 Å². The normalized spacial score (nSPS) is 12.8. The Hall–Kier alpha value is -2.88. The molecule has 4 rings (SSSR count). The van der Waals surface area contributed by atoms with Gasteiger partial charge in [0.15, 0.2) is 0 Å². The van der Waals surface area contributed by atoms with Gasteiger partial charge in [0.05, 0.1) is 16.8 Å². The fraction of sp³-hybridized carbons (Fsp3) is 0.0588. The summed E-state index contributed by atoms with van der Waals surface area (Å²) in [6.45, 7) is 0. The first-order valence-electron chi connectivity index (χ1n) is 6.72. The number of allylic oxidation sites excluding steroid dienone is 1. The van der Waals surface area contributed by atoms with Crippen molar-refractivity contribution in [1.29, 1.82) is 0 Å². The van der Waals surface area contributed by atoms with E-state index in [0.29, 0.717) is 5.56 Å². The van der Waals surface area contributed by atoms with Crippen LogP contribution in [0.4, 0.5) is 0 Å². The van der Waals surface area contributed by atoms with Crippen LogP contribution in [0, 0.1) is 0 Å². The second kappa shape index (κ2) is 4.31. The molecule has 1 N–H and O–H groups in total. The molecule has 3 aromatic rings. The Kier molecular flexibility index (Phi) is 2.44. The number of hydrogen-bond donors (Lipinski definition) is 1. The molecule has 0 unspecified atom stereocenters. The van der Waals surface area contributed by atoms with E-state index in [1.165, 1.54) is 5.56 Å². The van der Waals surface area contributed by atoms with Gasteiger partial charge in [-0.15, -0.1) is 0 Å². The maximum atomic E-state index is 11.2. The Labute approximate surface area is 121 Å². The minimum Gasteiger partial charge on any atom is -0.478 e. The highest BCUT2D eigenvalue weighted by atomic mass is 16.4. The number of rotatable bonds is 1. The predicted molar refractivity (Wildman–Crippen MR) is 81.2 cm³/mol. The highest BCUT2D eigenvalue weighted by Crippen LogP contribution is 2.33. The third-order valence-electron chi connectivity index (χ3n) is 3.87. The quantitative estimate of drug-likeness (QED) is 0.740. The SMILES string of the molecule is O=C(O)c1ccc2cc3n(c2c1)C=CCc1ccncc1-3. The molecule has 4 heteroatoms. The monoisotopic (exact) mass is 276 g/mol. The summed E-state index contributed by atoms with van der Waals surface area (Å²) in [6.07, 6.45) is 8.60. The molecule has 1 aliphatic heterocycles. The molecule has 21 heavy (non-hydrogen) atoms. The summed E-state index contributed by atoms with van der Waals surface area (Å²) < 4.78 is 2.04. The minimum atomic E-state index is -0.910. The number of aromatic nitrogens is 2. The van der Waals surface area contributed by atoms with Gasteiger partial charge in [-0.25, -0.2) is 4.79 Å². The van der Waals surface area contributed by atoms with Crippen molar-refractivity contribution < 1.29 is 9.90 Å². The molecule has 0 bridgehead atoms. The van der Waals surface area contributed by atoms with E-state index in [2.05, 4.69) is 17.1 Å². The van der Waals surface area contributed by atoms with Crippen LogP contribution in [0.15, 0.2) is 48.8 Å². The van der Waals surface area contributed by atoms with Crippen LogP contribution < -0.4 is 0 Å². The number of carboxylic acid groups (broad SMARTS) is 1. The largest absolute Gasteiger partial charge is 0.478 e. The van der Waals surface area contributed by atoms with Crippen LogP contribution in [-0.4, -0.2) is 20.6 Å². The van der Waals surface area contributed by atoms with Crippen LogP contribution in [0.1, 0.15) is 15.9 Å². The van der Waals surface area contributed by atoms with Crippen LogP contribution in [0.25, 0.3) is 28.4 Å². The van der Waals surface area contributed by atoms with Crippen LogP contribution in [0.5, 0.6) is 0 Å². The van der Waals surface area contributed by atoms with Gasteiger partial charge in [-0.2, -0.15) is 0 Å². The summed E-state index contributed by atoms with van der Waals surface area (Å²) in [5.41, 5.74) is 4.56. The molecule has 1 aliphatic rings. The lowest BCUT2D eigenvalue weighted by atomic mass is 10.1. The zero-order valence-electron chi connectivity index (χ0n) is 11.2. The van der Waals surface area contributed by atoms with Crippen molar-refractivity contribution in [2.24, 2.45) is 0 Å². The molecule has 1 aromatic carbocycles. The molecule has 0 amide bonds. The van der Waals surface area contributed by atoms with E-state index in [1.807, 2.05) is 29.1 Å². The number of benzene rings is 1. The Morgan fingerprint density at radius 2 is 2.14 bits per heavy atom. The molecule has 0 radical (unpaired) electrons. The summed E-state index contributed by atoms with van der Waals surface area (Å²) in [7, 11) is 0. The number of pyridine rings is 1. The Balaban J connectivity index is 2.06. The van der Waals surface area contributed by atoms with E-state index in [0.717, 1.165) is 28.6 Å². The van der Waals surface area contributed by atoms with E-state index in [9.17, 15) is 4.79 Å². The second-order valence-electron chi connectivity index (χ2n) is 5.10. The van der Waals surface area contributed by atoms with Gasteiger partial charge in [0, 0.05) is 29.5 Å². The fourth-order valence-electron chi connectivity index (χ4n) is 2.84. The number of aromatic carboxylic acids is 1. The lowest BCUT2D eigenvalue weighted by Crippen LogP contribution is -1.96. The first kappa shape index (κ1) is 11.9. The maximum absolute atomic E-state index is 11.2. The smallest absolute Gasteiger partial charge is 0.335 e. The molecule has 3 heterocycles. The molecular formula is C17H12N2O2. The lowest BCUT2D eigenvalue weighted by Gasteiger charge is -2.06. The molecule has 0 saturated heterocycles. The predicted octanol–water partition coefficient (Wildman–Crippen LogP) is 3.43. The van der Waals surface area contributed by atoms with Gasteiger partial charge in [-0.05, 0) is 36.2 Å². The van der Waals surface area contributed by atoms with Gasteiger partial charge in [0.1, 0.15) is 0 Å². The molecule has 102 valence electrons. The molecular weight excluding hydrogens is 264 g/mol. The molecule has 0 saturated carbocycles. The molecule has 0 fully saturated rings. The van der Waals surface area contributed by atoms with Gasteiger partial charge in [-0.3, -0.25) is 4.98 Å². The number of carbonyl (C=O) groups is 1. The molecule has 0 aliphatic carbocycles. The summed E-state index contributed by atoms with van der Waals surface area (Å²) >= 11 is 0. The van der Waals surface area contributed by atoms with Gasteiger partial charge in [0.2, 0.25) is 0 Å². The maximum Gasteiger partial charge on any atom is 0.335 e. The van der Waals surface area contributed by atoms with Gasteiger partial charge < -0.3 is 9.67 Å². The minimum absolute atomic E-state index is 0.299. The molecule has 4 nitrogen and oxygen atoms in total. The number of carboxylic acids is 1. The topological polar surface area (TPSA) is 55.1 Å². The van der Waals surface area contributed by atoms with Crippen molar-refractivity contribution in [2.75, 3.05) is 0 Å². The van der Waals surface area contributed by atoms with Crippen molar-refractivity contribution in [1.82, 2.24) is 9.55 Å². The number of fused-ring (bicyclic) bond motifs is 5. The average Bonchev–Trinajstić information content (AvgIpc) is 2.75. The first-order chi connectivity index (χ1) is 10.2. The van der Waals surface area contributed by atoms with Crippen molar-refractivity contribution in [3.63, 3.8) is 0 Å². The van der Waals surface area contributed by atoms with Crippen LogP contribution in [-0.2, 0) is 6.42 Å². The van der Waals surface area contributed by atoms with E-state index in [1.54, 1.807) is 18.3 Å². The second-order valence-corrected chi connectivity index (χ2v) is 5.10. The van der Waals surface area contributed by atoms with Gasteiger partial charge in [-0.1, -0.05) is 12.1 Å². The van der Waals surface area contributed by atoms with E-state index < -0.39 is 5.97 Å². The van der Waals surface area contributed by atoms with Gasteiger partial charge >= 0.3 is 5.97 Å². The van der Waals surface area contributed by atoms with Gasteiger partial charge in [0.25, 0.3) is 0 Å². The highest BCUT2D eigenvalue weighted by Gasteiger charge is 2.15. The van der Waals surface area contributed by atoms with Crippen molar-refractivity contribution in [2.45, 2.75) is 6.42 Å². The van der Waals surface area contributed by atoms with E-state index in [-0.39, 0.29) is 0 Å². The molecule has 0 spiro atoms. The lowest BCUT2D eigenvalue weighted by molar-refractivity contribution is 0.0697. The third-order valence-corrected chi connectivity index (χ3v) is 3.87. The Morgan fingerprint density at radius 3 is 3.00 bits per heavy atom. The summed E-state index contributed by atoms with van der Waals surface area (Å²) in [4.78, 5) is 15.4. The highest BCUT2D eigenvalue weighted by molar-refractivity contribution is 5.96. The average molecular weight is 276 g/mol. The Bertz CT molecular complexity index is 906. The standard InChI is InChI=1S/C17H12N2O2/c20-17(21)13-4-3-12-8-16-14-10-18-6-5-11(14)2-1-7-19(16)15(12)9-13/h1,3-10H,2H2,(H,20,21). The van der Waals surface area contributed by atoms with Crippen LogP contribution in [0.2, 0.25) is 0 Å². The summed E-state index contributed by atoms with van der Waals surface area (Å²) in [5, 5.41) is 10.2. The fourth-order valence-corrected chi connectivity index (χ4v) is 2.84. The van der Waals surface area contributed by atoms with Crippen molar-refractivity contribution in [3.8, 4) is 11.3 Å². The molecule has 2 aromatic heterocycles. The van der Waals surface area contributed by atoms with E-state index >= 15 is 0 Å². The number of hydrogen-bond acceptors (Lipinski definition) is 2. The summed E-state index contributed by atoms with van der Waals surface area (Å²) in [5.74, 6) is -0.910. The summed E-state index contributed by atoms with van der Waals surface area (Å²) in [6, 6.07) is 9.31. The zero-order chi connectivity index (χ0) is 14.4. The Morgan fingerprint density at radius 1 is 1.24 bits per heavy atom. The van der Waals surface area contributed by atoms with Crippen molar-refractivity contribution >= 4 is 23.1 Å². The number of nitrogens with zero attached hydrogens (tertiary/aromatic N) is 2. The first-order valence-corrected chi connectivity index (χ1v) is 6.72. The zero-order valence-corrected chi connectivity index (χ0v) is 11.2. The van der Waals surface area contributed by atoms with E-state index in [4.69, 9.17) is 5.11 Å². The van der Waals surface area contributed by atoms with Crippen molar-refractivity contribution in [3.05, 3.63) is 59.9 Å². The van der Waals surface area contributed by atoms with Crippen LogP contribution >= 0.6 is 0 Å².